The molecule has 0 saturated heterocycles. The lowest BCUT2D eigenvalue weighted by atomic mass is 9.96. The Labute approximate surface area is 124 Å². The number of aromatic nitrogens is 1. The standard InChI is InChI=1S/C15H24N2O2S/c1-12-11-20-15(19)17(12)10-9-14(18)16-13-7-5-3-2-4-6-8-13/h11,13H,2-10H2,1H3,(H,16,18). The fraction of sp³-hybridized carbons (Fsp3) is 0.733. The molecule has 0 spiro atoms. The minimum Gasteiger partial charge on any atom is -0.353 e. The summed E-state index contributed by atoms with van der Waals surface area (Å²) >= 11 is 1.20. The first-order valence-electron chi connectivity index (χ1n) is 7.61. The number of hydrogen-bond donors (Lipinski definition) is 1. The molecule has 4 nitrogen and oxygen atoms in total. The number of aryl methyl sites for hydroxylation is 1. The maximum atomic E-state index is 12.0. The van der Waals surface area contributed by atoms with Crippen molar-refractivity contribution in [3.05, 3.63) is 20.7 Å². The summed E-state index contributed by atoms with van der Waals surface area (Å²) in [6, 6.07) is 0.336. The Hall–Kier alpha value is -1.10. The molecule has 1 amide bonds. The zero-order chi connectivity index (χ0) is 14.4. The monoisotopic (exact) mass is 296 g/mol. The van der Waals surface area contributed by atoms with Gasteiger partial charge in [-0.2, -0.15) is 0 Å². The molecule has 1 N–H and O–H groups in total. The van der Waals surface area contributed by atoms with Gasteiger partial charge in [0.05, 0.1) is 0 Å². The number of rotatable bonds is 4. The van der Waals surface area contributed by atoms with E-state index < -0.39 is 0 Å². The molecule has 2 rings (SSSR count). The highest BCUT2D eigenvalue weighted by molar-refractivity contribution is 7.07. The average Bonchev–Trinajstić information content (AvgIpc) is 2.70. The second kappa shape index (κ2) is 7.62. The molecule has 112 valence electrons. The van der Waals surface area contributed by atoms with Crippen LogP contribution in [0, 0.1) is 6.92 Å². The van der Waals surface area contributed by atoms with Crippen LogP contribution >= 0.6 is 11.3 Å². The van der Waals surface area contributed by atoms with Crippen LogP contribution in [-0.4, -0.2) is 16.5 Å². The molecular formula is C15H24N2O2S. The Morgan fingerprint density at radius 1 is 1.30 bits per heavy atom. The van der Waals surface area contributed by atoms with E-state index in [2.05, 4.69) is 5.32 Å². The first-order chi connectivity index (χ1) is 9.66. The van der Waals surface area contributed by atoms with E-state index in [1.165, 1.54) is 43.4 Å². The lowest BCUT2D eigenvalue weighted by Crippen LogP contribution is -2.36. The van der Waals surface area contributed by atoms with Crippen LogP contribution in [0.4, 0.5) is 0 Å². The third-order valence-corrected chi connectivity index (χ3v) is 4.89. The number of nitrogens with one attached hydrogen (secondary N) is 1. The number of hydrogen-bond acceptors (Lipinski definition) is 3. The van der Waals surface area contributed by atoms with Crippen molar-refractivity contribution in [3.63, 3.8) is 0 Å². The maximum Gasteiger partial charge on any atom is 0.307 e. The van der Waals surface area contributed by atoms with Gasteiger partial charge in [0.1, 0.15) is 0 Å². The normalized spacial score (nSPS) is 17.4. The largest absolute Gasteiger partial charge is 0.353 e. The summed E-state index contributed by atoms with van der Waals surface area (Å²) in [6.45, 7) is 2.40. The van der Waals surface area contributed by atoms with Gasteiger partial charge in [-0.05, 0) is 19.8 Å². The molecule has 0 aliphatic heterocycles. The van der Waals surface area contributed by atoms with Crippen molar-refractivity contribution in [1.82, 2.24) is 9.88 Å². The Morgan fingerprint density at radius 3 is 2.55 bits per heavy atom. The van der Waals surface area contributed by atoms with E-state index in [4.69, 9.17) is 0 Å². The highest BCUT2D eigenvalue weighted by atomic mass is 32.1. The molecule has 0 aromatic carbocycles. The first kappa shape index (κ1) is 15.3. The molecule has 20 heavy (non-hydrogen) atoms. The summed E-state index contributed by atoms with van der Waals surface area (Å²) in [7, 11) is 0. The minimum absolute atomic E-state index is 0.0289. The SMILES string of the molecule is Cc1csc(=O)n1CCC(=O)NC1CCCCCCC1. The van der Waals surface area contributed by atoms with Gasteiger partial charge in [0.15, 0.2) is 0 Å². The summed E-state index contributed by atoms with van der Waals surface area (Å²) in [5.41, 5.74) is 0.943. The molecule has 0 radical (unpaired) electrons. The molecule has 0 unspecified atom stereocenters. The van der Waals surface area contributed by atoms with Crippen LogP contribution in [0.3, 0.4) is 0 Å². The third-order valence-electron chi connectivity index (χ3n) is 4.01. The van der Waals surface area contributed by atoms with Crippen LogP contribution in [0.2, 0.25) is 0 Å². The van der Waals surface area contributed by atoms with Crippen molar-refractivity contribution in [2.75, 3.05) is 0 Å². The summed E-state index contributed by atoms with van der Waals surface area (Å²) in [5.74, 6) is 0.0769. The number of amides is 1. The van der Waals surface area contributed by atoms with E-state index in [1.54, 1.807) is 4.57 Å². The van der Waals surface area contributed by atoms with Gasteiger partial charge in [-0.1, -0.05) is 43.4 Å². The molecular weight excluding hydrogens is 272 g/mol. The first-order valence-corrected chi connectivity index (χ1v) is 8.49. The van der Waals surface area contributed by atoms with Gasteiger partial charge in [0.2, 0.25) is 5.91 Å². The Morgan fingerprint density at radius 2 is 1.95 bits per heavy atom. The number of carbonyl (C=O) groups is 1. The summed E-state index contributed by atoms with van der Waals surface area (Å²) in [4.78, 5) is 23.6. The van der Waals surface area contributed by atoms with E-state index in [-0.39, 0.29) is 10.8 Å². The molecule has 1 aromatic rings. The van der Waals surface area contributed by atoms with Crippen molar-refractivity contribution in [3.8, 4) is 0 Å². The number of thiazole rings is 1. The van der Waals surface area contributed by atoms with Gasteiger partial charge in [0.25, 0.3) is 0 Å². The zero-order valence-corrected chi connectivity index (χ0v) is 13.0. The molecule has 1 heterocycles. The number of carbonyl (C=O) groups excluding carboxylic acids is 1. The summed E-state index contributed by atoms with van der Waals surface area (Å²) in [5, 5.41) is 4.98. The summed E-state index contributed by atoms with van der Waals surface area (Å²) in [6.07, 6.45) is 8.94. The highest BCUT2D eigenvalue weighted by Gasteiger charge is 2.14. The van der Waals surface area contributed by atoms with Gasteiger partial charge >= 0.3 is 4.87 Å². The van der Waals surface area contributed by atoms with Crippen LogP contribution in [0.25, 0.3) is 0 Å². The van der Waals surface area contributed by atoms with Gasteiger partial charge in [-0.3, -0.25) is 9.59 Å². The van der Waals surface area contributed by atoms with Crippen LogP contribution in [0.15, 0.2) is 10.2 Å². The van der Waals surface area contributed by atoms with Crippen molar-refractivity contribution < 1.29 is 4.79 Å². The molecule has 5 heteroatoms. The van der Waals surface area contributed by atoms with Gasteiger partial charge in [-0.25, -0.2) is 0 Å². The Bertz CT molecular complexity index is 484. The van der Waals surface area contributed by atoms with Crippen LogP contribution in [0.5, 0.6) is 0 Å². The van der Waals surface area contributed by atoms with Crippen molar-refractivity contribution in [1.29, 1.82) is 0 Å². The highest BCUT2D eigenvalue weighted by Crippen LogP contribution is 2.17. The van der Waals surface area contributed by atoms with E-state index >= 15 is 0 Å². The molecule has 1 saturated carbocycles. The maximum absolute atomic E-state index is 12.0. The predicted octanol–water partition coefficient (Wildman–Crippen LogP) is 2.84. The Kier molecular flexibility index (Phi) is 5.83. The minimum atomic E-state index is 0.0289. The zero-order valence-electron chi connectivity index (χ0n) is 12.2. The third kappa shape index (κ3) is 4.47. The van der Waals surface area contributed by atoms with Crippen LogP contribution < -0.4 is 10.2 Å². The molecule has 1 aliphatic rings. The summed E-state index contributed by atoms with van der Waals surface area (Å²) < 4.78 is 1.68. The van der Waals surface area contributed by atoms with Gasteiger partial charge < -0.3 is 9.88 Å². The lowest BCUT2D eigenvalue weighted by molar-refractivity contribution is -0.122. The lowest BCUT2D eigenvalue weighted by Gasteiger charge is -2.21. The molecule has 1 aromatic heterocycles. The molecule has 0 bridgehead atoms. The average molecular weight is 296 g/mol. The van der Waals surface area contributed by atoms with E-state index in [0.29, 0.717) is 19.0 Å². The quantitative estimate of drug-likeness (QED) is 0.929. The predicted molar refractivity (Wildman–Crippen MR) is 82.2 cm³/mol. The van der Waals surface area contributed by atoms with Crippen molar-refractivity contribution in [2.24, 2.45) is 0 Å². The van der Waals surface area contributed by atoms with Gasteiger partial charge in [0, 0.05) is 30.1 Å². The second-order valence-electron chi connectivity index (χ2n) is 5.65. The second-order valence-corrected chi connectivity index (χ2v) is 6.47. The van der Waals surface area contributed by atoms with E-state index in [1.807, 2.05) is 12.3 Å². The smallest absolute Gasteiger partial charge is 0.307 e. The van der Waals surface area contributed by atoms with Crippen LogP contribution in [0.1, 0.15) is 57.1 Å². The molecule has 0 atom stereocenters. The van der Waals surface area contributed by atoms with E-state index in [9.17, 15) is 9.59 Å². The van der Waals surface area contributed by atoms with Crippen LogP contribution in [-0.2, 0) is 11.3 Å². The van der Waals surface area contributed by atoms with Crippen molar-refractivity contribution in [2.45, 2.75) is 70.9 Å². The fourth-order valence-electron chi connectivity index (χ4n) is 2.79. The Balaban J connectivity index is 1.78. The van der Waals surface area contributed by atoms with Crippen molar-refractivity contribution >= 4 is 17.2 Å². The van der Waals surface area contributed by atoms with Gasteiger partial charge in [-0.15, -0.1) is 0 Å². The molecule has 1 fully saturated rings. The topological polar surface area (TPSA) is 51.1 Å². The molecule has 1 aliphatic carbocycles. The number of nitrogens with zero attached hydrogens (tertiary/aromatic N) is 1. The fourth-order valence-corrected chi connectivity index (χ4v) is 3.55. The van der Waals surface area contributed by atoms with E-state index in [0.717, 1.165) is 18.5 Å².